The fraction of sp³-hybridized carbons (Fsp3) is 0.105. The van der Waals surface area contributed by atoms with Crippen LogP contribution >= 0.6 is 12.2 Å². The Bertz CT molecular complexity index is 906. The van der Waals surface area contributed by atoms with Crippen LogP contribution in [0.3, 0.4) is 0 Å². The van der Waals surface area contributed by atoms with Gasteiger partial charge in [-0.15, -0.1) is 0 Å². The molecule has 0 bridgehead atoms. The molecule has 0 unspecified atom stereocenters. The fourth-order valence-corrected chi connectivity index (χ4v) is 2.77. The number of ether oxygens (including phenoxy) is 1. The number of aromatic nitrogens is 2. The Labute approximate surface area is 145 Å². The Morgan fingerprint density at radius 1 is 1.04 bits per heavy atom. The molecule has 120 valence electrons. The van der Waals surface area contributed by atoms with Crippen LogP contribution in [0.4, 0.5) is 0 Å². The SMILES string of the molecule is CCOC(=O)c1c(-c2ccccc2)c(-c2ccccc2)n[nH]c1=S. The first-order chi connectivity index (χ1) is 11.7. The highest BCUT2D eigenvalue weighted by atomic mass is 32.1. The number of benzene rings is 2. The average molecular weight is 336 g/mol. The number of nitrogens with zero attached hydrogens (tertiary/aromatic N) is 1. The minimum Gasteiger partial charge on any atom is -0.462 e. The number of carbonyl (C=O) groups is 1. The second kappa shape index (κ2) is 7.19. The molecule has 1 aromatic heterocycles. The molecule has 3 rings (SSSR count). The standard InChI is InChI=1S/C19H16N2O2S/c1-2-23-19(22)16-15(13-9-5-3-6-10-13)17(20-21-18(16)24)14-11-7-4-8-12-14/h3-12H,2H2,1H3,(H,21,24). The van der Waals surface area contributed by atoms with Gasteiger partial charge in [-0.2, -0.15) is 5.10 Å². The maximum atomic E-state index is 12.5. The van der Waals surface area contributed by atoms with E-state index in [0.29, 0.717) is 16.8 Å². The van der Waals surface area contributed by atoms with Gasteiger partial charge < -0.3 is 4.74 Å². The number of esters is 1. The normalized spacial score (nSPS) is 10.4. The van der Waals surface area contributed by atoms with Crippen LogP contribution in [0, 0.1) is 4.64 Å². The van der Waals surface area contributed by atoms with E-state index in [1.807, 2.05) is 60.7 Å². The number of aromatic amines is 1. The minimum atomic E-state index is -0.447. The van der Waals surface area contributed by atoms with Crippen molar-refractivity contribution in [2.24, 2.45) is 0 Å². The second-order valence-electron chi connectivity index (χ2n) is 5.10. The van der Waals surface area contributed by atoms with E-state index in [2.05, 4.69) is 10.2 Å². The van der Waals surface area contributed by atoms with Gasteiger partial charge >= 0.3 is 5.97 Å². The maximum Gasteiger partial charge on any atom is 0.341 e. The second-order valence-corrected chi connectivity index (χ2v) is 5.51. The quantitative estimate of drug-likeness (QED) is 0.556. The molecule has 4 nitrogen and oxygen atoms in total. The predicted octanol–water partition coefficient (Wildman–Crippen LogP) is 4.65. The number of H-pyrrole nitrogens is 1. The van der Waals surface area contributed by atoms with E-state index >= 15 is 0 Å². The molecular formula is C19H16N2O2S. The number of carbonyl (C=O) groups excluding carboxylic acids is 1. The highest BCUT2D eigenvalue weighted by Crippen LogP contribution is 2.33. The lowest BCUT2D eigenvalue weighted by atomic mass is 9.96. The summed E-state index contributed by atoms with van der Waals surface area (Å²) >= 11 is 5.32. The van der Waals surface area contributed by atoms with Gasteiger partial charge in [0.15, 0.2) is 0 Å². The molecule has 0 saturated carbocycles. The van der Waals surface area contributed by atoms with Gasteiger partial charge in [-0.3, -0.25) is 5.10 Å². The molecule has 1 heterocycles. The van der Waals surface area contributed by atoms with Crippen molar-refractivity contribution in [1.29, 1.82) is 0 Å². The molecule has 1 N–H and O–H groups in total. The first kappa shape index (κ1) is 16.1. The average Bonchev–Trinajstić information content (AvgIpc) is 2.63. The van der Waals surface area contributed by atoms with Gasteiger partial charge in [0.2, 0.25) is 0 Å². The van der Waals surface area contributed by atoms with Gasteiger partial charge in [-0.1, -0.05) is 72.9 Å². The van der Waals surface area contributed by atoms with Crippen LogP contribution in [0.1, 0.15) is 17.3 Å². The van der Waals surface area contributed by atoms with Gasteiger partial charge in [-0.25, -0.2) is 4.79 Å². The molecule has 0 saturated heterocycles. The van der Waals surface area contributed by atoms with Crippen LogP contribution in [-0.2, 0) is 4.74 Å². The molecule has 0 fully saturated rings. The molecular weight excluding hydrogens is 320 g/mol. The van der Waals surface area contributed by atoms with Gasteiger partial charge in [0.05, 0.1) is 12.3 Å². The summed E-state index contributed by atoms with van der Waals surface area (Å²) in [6.07, 6.45) is 0. The van der Waals surface area contributed by atoms with Crippen molar-refractivity contribution in [1.82, 2.24) is 10.2 Å². The minimum absolute atomic E-state index is 0.270. The summed E-state index contributed by atoms with van der Waals surface area (Å²) in [6, 6.07) is 19.3. The van der Waals surface area contributed by atoms with Gasteiger partial charge in [0.25, 0.3) is 0 Å². The Hall–Kier alpha value is -2.79. The van der Waals surface area contributed by atoms with Crippen molar-refractivity contribution in [2.75, 3.05) is 6.61 Å². The van der Waals surface area contributed by atoms with Gasteiger partial charge in [0.1, 0.15) is 10.2 Å². The zero-order valence-corrected chi connectivity index (χ0v) is 14.0. The van der Waals surface area contributed by atoms with E-state index in [-0.39, 0.29) is 11.2 Å². The zero-order valence-electron chi connectivity index (χ0n) is 13.2. The Morgan fingerprint density at radius 3 is 2.21 bits per heavy atom. The topological polar surface area (TPSA) is 55.0 Å². The molecule has 2 aromatic carbocycles. The summed E-state index contributed by atoms with van der Waals surface area (Å²) in [6.45, 7) is 2.05. The number of nitrogens with one attached hydrogen (secondary N) is 1. The fourth-order valence-electron chi connectivity index (χ4n) is 2.54. The molecule has 0 spiro atoms. The van der Waals surface area contributed by atoms with Gasteiger partial charge in [-0.05, 0) is 12.5 Å². The van der Waals surface area contributed by atoms with E-state index in [4.69, 9.17) is 17.0 Å². The number of hydrogen-bond donors (Lipinski definition) is 1. The molecule has 0 aliphatic rings. The third-order valence-electron chi connectivity index (χ3n) is 3.57. The molecule has 0 aliphatic carbocycles. The zero-order chi connectivity index (χ0) is 16.9. The molecule has 3 aromatic rings. The van der Waals surface area contributed by atoms with E-state index < -0.39 is 5.97 Å². The van der Waals surface area contributed by atoms with Crippen LogP contribution in [0.2, 0.25) is 0 Å². The van der Waals surface area contributed by atoms with Crippen LogP contribution in [0.15, 0.2) is 60.7 Å². The van der Waals surface area contributed by atoms with Crippen molar-refractivity contribution >= 4 is 18.2 Å². The van der Waals surface area contributed by atoms with E-state index in [9.17, 15) is 4.79 Å². The van der Waals surface area contributed by atoms with Crippen molar-refractivity contribution in [3.05, 3.63) is 70.9 Å². The van der Waals surface area contributed by atoms with E-state index in [1.54, 1.807) is 6.92 Å². The summed E-state index contributed by atoms with van der Waals surface area (Å²) in [5.41, 5.74) is 3.45. The Kier molecular flexibility index (Phi) is 4.82. The van der Waals surface area contributed by atoms with E-state index in [0.717, 1.165) is 11.1 Å². The number of hydrogen-bond acceptors (Lipinski definition) is 4. The smallest absolute Gasteiger partial charge is 0.341 e. The first-order valence-electron chi connectivity index (χ1n) is 7.63. The number of rotatable bonds is 4. The predicted molar refractivity (Wildman–Crippen MR) is 96.3 cm³/mol. The van der Waals surface area contributed by atoms with Crippen LogP contribution < -0.4 is 0 Å². The molecule has 0 amide bonds. The Morgan fingerprint density at radius 2 is 1.62 bits per heavy atom. The summed E-state index contributed by atoms with van der Waals surface area (Å²) in [7, 11) is 0. The van der Waals surface area contributed by atoms with Crippen molar-refractivity contribution in [3.8, 4) is 22.4 Å². The molecule has 5 heteroatoms. The maximum absolute atomic E-state index is 12.5. The lowest BCUT2D eigenvalue weighted by molar-refractivity contribution is 0.0526. The summed E-state index contributed by atoms with van der Waals surface area (Å²) in [4.78, 5) is 12.5. The van der Waals surface area contributed by atoms with E-state index in [1.165, 1.54) is 0 Å². The van der Waals surface area contributed by atoms with Gasteiger partial charge in [0, 0.05) is 11.1 Å². The molecule has 24 heavy (non-hydrogen) atoms. The van der Waals surface area contributed by atoms with Crippen molar-refractivity contribution < 1.29 is 9.53 Å². The van der Waals surface area contributed by atoms with Crippen molar-refractivity contribution in [3.63, 3.8) is 0 Å². The third kappa shape index (κ3) is 3.12. The Balaban J connectivity index is 2.33. The molecule has 0 atom stereocenters. The third-order valence-corrected chi connectivity index (χ3v) is 3.87. The van der Waals surface area contributed by atoms with Crippen LogP contribution in [0.5, 0.6) is 0 Å². The monoisotopic (exact) mass is 336 g/mol. The van der Waals surface area contributed by atoms with Crippen molar-refractivity contribution in [2.45, 2.75) is 6.92 Å². The lowest BCUT2D eigenvalue weighted by Gasteiger charge is -2.14. The first-order valence-corrected chi connectivity index (χ1v) is 8.03. The lowest BCUT2D eigenvalue weighted by Crippen LogP contribution is -2.10. The molecule has 0 aliphatic heterocycles. The van der Waals surface area contributed by atoms with Crippen LogP contribution in [0.25, 0.3) is 22.4 Å². The molecule has 0 radical (unpaired) electrons. The highest BCUT2D eigenvalue weighted by Gasteiger charge is 2.22. The summed E-state index contributed by atoms with van der Waals surface area (Å²) in [5, 5.41) is 7.17. The largest absolute Gasteiger partial charge is 0.462 e. The summed E-state index contributed by atoms with van der Waals surface area (Å²) < 4.78 is 5.48. The summed E-state index contributed by atoms with van der Waals surface area (Å²) in [5.74, 6) is -0.447. The highest BCUT2D eigenvalue weighted by molar-refractivity contribution is 7.71. The van der Waals surface area contributed by atoms with Crippen LogP contribution in [-0.4, -0.2) is 22.8 Å².